The van der Waals surface area contributed by atoms with Gasteiger partial charge in [-0.25, -0.2) is 4.79 Å². The van der Waals surface area contributed by atoms with Gasteiger partial charge < -0.3 is 24.8 Å². The Balaban J connectivity index is 1.85. The molecule has 0 saturated carbocycles. The van der Waals surface area contributed by atoms with Gasteiger partial charge in [0, 0.05) is 11.6 Å². The average Bonchev–Trinajstić information content (AvgIpc) is 2.92. The fourth-order valence-electron chi connectivity index (χ4n) is 3.76. The zero-order chi connectivity index (χ0) is 26.9. The third kappa shape index (κ3) is 6.48. The number of methoxy groups -OCH3 is 2. The second-order valence-electron chi connectivity index (χ2n) is 7.73. The zero-order valence-corrected chi connectivity index (χ0v) is 21.2. The zero-order valence-electron chi connectivity index (χ0n) is 20.4. The van der Waals surface area contributed by atoms with Crippen molar-refractivity contribution in [3.8, 4) is 11.8 Å². The molecule has 2 aromatic carbocycles. The van der Waals surface area contributed by atoms with Gasteiger partial charge in [-0.3, -0.25) is 14.4 Å². The number of amides is 2. The lowest BCUT2D eigenvalue weighted by Crippen LogP contribution is -2.44. The fourth-order valence-corrected chi connectivity index (χ4v) is 4.61. The number of nitrogens with zero attached hydrogens (tertiary/aromatic N) is 1. The summed E-state index contributed by atoms with van der Waals surface area (Å²) in [6.07, 6.45) is 0. The van der Waals surface area contributed by atoms with Gasteiger partial charge in [-0.1, -0.05) is 23.9 Å². The normalized spacial score (nSPS) is 16.8. The number of ether oxygens (including phenoxy) is 3. The summed E-state index contributed by atoms with van der Waals surface area (Å²) in [7, 11) is 2.40. The van der Waals surface area contributed by atoms with Crippen LogP contribution in [0.25, 0.3) is 0 Å². The van der Waals surface area contributed by atoms with Crippen LogP contribution in [-0.2, 0) is 23.9 Å². The van der Waals surface area contributed by atoms with Crippen LogP contribution in [0.2, 0.25) is 0 Å². The minimum Gasteiger partial charge on any atom is -0.494 e. The molecular weight excluding hydrogens is 498 g/mol. The Morgan fingerprint density at radius 3 is 2.30 bits per heavy atom. The van der Waals surface area contributed by atoms with Gasteiger partial charge in [-0.15, -0.1) is 0 Å². The first-order valence-corrected chi connectivity index (χ1v) is 12.2. The van der Waals surface area contributed by atoms with E-state index in [2.05, 4.69) is 16.7 Å². The quantitative estimate of drug-likeness (QED) is 0.374. The van der Waals surface area contributed by atoms with Crippen LogP contribution in [0.5, 0.6) is 5.75 Å². The number of hydrogen-bond donors (Lipinski definition) is 2. The molecule has 0 spiro atoms. The molecule has 2 aromatic rings. The minimum atomic E-state index is -1.33. The van der Waals surface area contributed by atoms with E-state index in [0.29, 0.717) is 23.6 Å². The van der Waals surface area contributed by atoms with Crippen LogP contribution in [0.4, 0.5) is 5.69 Å². The highest BCUT2D eigenvalue weighted by Crippen LogP contribution is 2.40. The molecule has 2 amide bonds. The Bertz CT molecular complexity index is 1250. The molecule has 1 heterocycles. The van der Waals surface area contributed by atoms with Crippen molar-refractivity contribution in [1.82, 2.24) is 5.32 Å². The summed E-state index contributed by atoms with van der Waals surface area (Å²) < 4.78 is 14.9. The van der Waals surface area contributed by atoms with Crippen molar-refractivity contribution in [1.29, 1.82) is 5.26 Å². The first-order valence-electron chi connectivity index (χ1n) is 11.2. The summed E-state index contributed by atoms with van der Waals surface area (Å²) in [5, 5.41) is 15.5. The number of benzene rings is 2. The summed E-state index contributed by atoms with van der Waals surface area (Å²) >= 11 is 0.966. The summed E-state index contributed by atoms with van der Waals surface area (Å²) in [4.78, 5) is 49.8. The third-order valence-electron chi connectivity index (χ3n) is 5.47. The van der Waals surface area contributed by atoms with Gasteiger partial charge in [0.1, 0.15) is 11.7 Å². The van der Waals surface area contributed by atoms with E-state index in [-0.39, 0.29) is 27.8 Å². The number of allylic oxidation sites excluding steroid dienone is 1. The van der Waals surface area contributed by atoms with Crippen molar-refractivity contribution in [2.45, 2.75) is 12.8 Å². The standard InChI is InChI=1S/C26H25N3O7S/c1-4-36-18-11-9-17(10-12-18)28-20(30)14-37-24-19(13-27)21(22(23(31)29-24)26(33)35-3)15-5-7-16(8-6-15)25(32)34-2/h5-12,21-22H,4,14H2,1-3H3,(H,28,30)(H,29,31)/t21-,22-/m1/s1. The summed E-state index contributed by atoms with van der Waals surface area (Å²) in [6, 6.07) is 15.0. The summed E-state index contributed by atoms with van der Waals surface area (Å²) in [5.74, 6) is -4.13. The molecule has 192 valence electrons. The van der Waals surface area contributed by atoms with Crippen molar-refractivity contribution >= 4 is 41.2 Å². The highest BCUT2D eigenvalue weighted by molar-refractivity contribution is 8.03. The number of nitriles is 1. The maximum Gasteiger partial charge on any atom is 0.337 e. The van der Waals surface area contributed by atoms with Crippen LogP contribution in [-0.4, -0.2) is 50.3 Å². The van der Waals surface area contributed by atoms with Crippen molar-refractivity contribution < 1.29 is 33.4 Å². The Labute approximate surface area is 218 Å². The molecule has 11 heteroatoms. The lowest BCUT2D eigenvalue weighted by Gasteiger charge is -2.31. The first-order chi connectivity index (χ1) is 17.8. The molecule has 0 saturated heterocycles. The summed E-state index contributed by atoms with van der Waals surface area (Å²) in [6.45, 7) is 2.40. The number of anilines is 1. The van der Waals surface area contributed by atoms with Gasteiger partial charge in [-0.2, -0.15) is 5.26 Å². The van der Waals surface area contributed by atoms with Gasteiger partial charge in [0.05, 0.1) is 48.8 Å². The van der Waals surface area contributed by atoms with Gasteiger partial charge in [0.15, 0.2) is 0 Å². The first kappa shape index (κ1) is 27.3. The van der Waals surface area contributed by atoms with Gasteiger partial charge in [0.25, 0.3) is 0 Å². The molecule has 10 nitrogen and oxygen atoms in total. The van der Waals surface area contributed by atoms with E-state index in [1.807, 2.05) is 6.92 Å². The molecule has 2 N–H and O–H groups in total. The Kier molecular flexibility index (Phi) is 9.29. The SMILES string of the molecule is CCOc1ccc(NC(=O)CSC2=C(C#N)[C@@H](c3ccc(C(=O)OC)cc3)[C@@H](C(=O)OC)C(=O)N2)cc1. The van der Waals surface area contributed by atoms with Gasteiger partial charge in [0.2, 0.25) is 11.8 Å². The molecule has 0 unspecified atom stereocenters. The smallest absolute Gasteiger partial charge is 0.337 e. The predicted octanol–water partition coefficient (Wildman–Crippen LogP) is 2.98. The highest BCUT2D eigenvalue weighted by atomic mass is 32.2. The molecule has 0 radical (unpaired) electrons. The van der Waals surface area contributed by atoms with E-state index in [1.165, 1.54) is 19.2 Å². The average molecular weight is 524 g/mol. The third-order valence-corrected chi connectivity index (χ3v) is 6.49. The van der Waals surface area contributed by atoms with Crippen LogP contribution >= 0.6 is 11.8 Å². The lowest BCUT2D eigenvalue weighted by atomic mass is 9.78. The monoisotopic (exact) mass is 523 g/mol. The lowest BCUT2D eigenvalue weighted by molar-refractivity contribution is -0.150. The molecule has 0 aliphatic carbocycles. The van der Waals surface area contributed by atoms with Crippen molar-refractivity contribution in [3.05, 3.63) is 70.3 Å². The predicted molar refractivity (Wildman–Crippen MR) is 136 cm³/mol. The molecule has 0 bridgehead atoms. The van der Waals surface area contributed by atoms with Gasteiger partial charge >= 0.3 is 11.9 Å². The van der Waals surface area contributed by atoms with E-state index in [9.17, 15) is 24.4 Å². The molecule has 3 rings (SSSR count). The van der Waals surface area contributed by atoms with Crippen LogP contribution in [0, 0.1) is 17.2 Å². The minimum absolute atomic E-state index is 0.0969. The highest BCUT2D eigenvalue weighted by Gasteiger charge is 2.44. The maximum atomic E-state index is 12.9. The van der Waals surface area contributed by atoms with Crippen molar-refractivity contribution in [2.24, 2.45) is 5.92 Å². The summed E-state index contributed by atoms with van der Waals surface area (Å²) in [5.41, 5.74) is 1.38. The maximum absolute atomic E-state index is 12.9. The molecule has 0 fully saturated rings. The number of rotatable bonds is 9. The van der Waals surface area contributed by atoms with Crippen LogP contribution in [0.3, 0.4) is 0 Å². The van der Waals surface area contributed by atoms with Crippen LogP contribution in [0.1, 0.15) is 28.8 Å². The number of carbonyl (C=O) groups excluding carboxylic acids is 4. The largest absolute Gasteiger partial charge is 0.494 e. The Morgan fingerprint density at radius 2 is 1.73 bits per heavy atom. The van der Waals surface area contributed by atoms with E-state index in [4.69, 9.17) is 14.2 Å². The number of nitrogens with one attached hydrogen (secondary N) is 2. The molecule has 1 aliphatic rings. The molecule has 0 aromatic heterocycles. The molecule has 1 aliphatic heterocycles. The fraction of sp³-hybridized carbons (Fsp3) is 0.269. The van der Waals surface area contributed by atoms with Gasteiger partial charge in [-0.05, 0) is 48.9 Å². The number of carbonyl (C=O) groups is 4. The van der Waals surface area contributed by atoms with E-state index in [0.717, 1.165) is 18.9 Å². The molecule has 2 atom stereocenters. The Morgan fingerprint density at radius 1 is 1.05 bits per heavy atom. The van der Waals surface area contributed by atoms with Crippen LogP contribution in [0.15, 0.2) is 59.1 Å². The molecule has 37 heavy (non-hydrogen) atoms. The van der Waals surface area contributed by atoms with Crippen molar-refractivity contribution in [2.75, 3.05) is 31.9 Å². The number of thioether (sulfide) groups is 1. The van der Waals surface area contributed by atoms with Crippen molar-refractivity contribution in [3.63, 3.8) is 0 Å². The Hall–Kier alpha value is -4.30. The second kappa shape index (κ2) is 12.6. The second-order valence-corrected chi connectivity index (χ2v) is 8.72. The number of hydrogen-bond acceptors (Lipinski definition) is 9. The van der Waals surface area contributed by atoms with E-state index in [1.54, 1.807) is 36.4 Å². The van der Waals surface area contributed by atoms with E-state index >= 15 is 0 Å². The molecular formula is C26H25N3O7S. The van der Waals surface area contributed by atoms with E-state index < -0.39 is 29.7 Å². The number of esters is 2. The topological polar surface area (TPSA) is 144 Å². The van der Waals surface area contributed by atoms with Crippen LogP contribution < -0.4 is 15.4 Å².